The van der Waals surface area contributed by atoms with Crippen molar-refractivity contribution < 1.29 is 0 Å². The average Bonchev–Trinajstić information content (AvgIpc) is 2.85. The van der Waals surface area contributed by atoms with Gasteiger partial charge in [-0.15, -0.1) is 11.3 Å². The van der Waals surface area contributed by atoms with Crippen molar-refractivity contribution in [3.05, 3.63) is 67.4 Å². The highest BCUT2D eigenvalue weighted by atomic mass is 127. The first-order valence-electron chi connectivity index (χ1n) is 6.03. The second kappa shape index (κ2) is 5.54. The maximum atomic E-state index is 3.88. The normalized spacial score (nSPS) is 12.8. The van der Waals surface area contributed by atoms with E-state index in [1.54, 1.807) is 11.3 Å². The van der Waals surface area contributed by atoms with Gasteiger partial charge in [-0.3, -0.25) is 0 Å². The van der Waals surface area contributed by atoms with E-state index in [1.165, 1.54) is 30.3 Å². The van der Waals surface area contributed by atoms with Gasteiger partial charge in [-0.1, -0.05) is 52.3 Å². The summed E-state index contributed by atoms with van der Waals surface area (Å²) in [5.41, 5.74) is 4.06. The molecule has 96 valence electrons. The van der Waals surface area contributed by atoms with Gasteiger partial charge in [-0.25, -0.2) is 0 Å². The Morgan fingerprint density at radius 2 is 1.95 bits per heavy atom. The summed E-state index contributed by atoms with van der Waals surface area (Å²) in [4.78, 5) is 0.262. The monoisotopic (exact) mass is 442 g/mol. The molecule has 0 N–H and O–H groups in total. The Morgan fingerprint density at radius 1 is 1.16 bits per heavy atom. The predicted molar refractivity (Wildman–Crippen MR) is 96.5 cm³/mol. The van der Waals surface area contributed by atoms with E-state index in [9.17, 15) is 0 Å². The van der Waals surface area contributed by atoms with Gasteiger partial charge in [-0.2, -0.15) is 0 Å². The Hall–Kier alpha value is -0.390. The van der Waals surface area contributed by atoms with Gasteiger partial charge >= 0.3 is 0 Å². The molecule has 1 unspecified atom stereocenters. The lowest BCUT2D eigenvalue weighted by Gasteiger charge is -2.15. The van der Waals surface area contributed by atoms with Crippen LogP contribution in [0.15, 0.2) is 47.8 Å². The summed E-state index contributed by atoms with van der Waals surface area (Å²) in [5.74, 6) is 0. The molecule has 1 aromatic heterocycles. The van der Waals surface area contributed by atoms with Gasteiger partial charge in [0.05, 0.1) is 7.71 Å². The van der Waals surface area contributed by atoms with Crippen LogP contribution in [0.3, 0.4) is 0 Å². The summed E-state index contributed by atoms with van der Waals surface area (Å²) in [6.07, 6.45) is 0. The summed E-state index contributed by atoms with van der Waals surface area (Å²) in [6.45, 7) is 2.19. The molecule has 1 atom stereocenters. The van der Waals surface area contributed by atoms with Gasteiger partial charge in [0.1, 0.15) is 0 Å². The van der Waals surface area contributed by atoms with Crippen molar-refractivity contribution >= 4 is 60.6 Å². The number of hydrogen-bond donors (Lipinski definition) is 0. The minimum atomic E-state index is 0.262. The van der Waals surface area contributed by atoms with Crippen LogP contribution >= 0.6 is 49.9 Å². The Morgan fingerprint density at radius 3 is 2.68 bits per heavy atom. The van der Waals surface area contributed by atoms with E-state index in [1.807, 2.05) is 0 Å². The molecule has 3 heteroatoms. The number of alkyl halides is 1. The molecular weight excluding hydrogens is 431 g/mol. The molecule has 0 aliphatic rings. The van der Waals surface area contributed by atoms with Crippen LogP contribution in [-0.4, -0.2) is 0 Å². The Kier molecular flexibility index (Phi) is 3.96. The molecule has 2 aromatic carbocycles. The van der Waals surface area contributed by atoms with Crippen molar-refractivity contribution in [1.29, 1.82) is 0 Å². The molecule has 3 aromatic rings. The Balaban J connectivity index is 2.21. The highest BCUT2D eigenvalue weighted by Gasteiger charge is 2.16. The Bertz CT molecular complexity index is 732. The maximum Gasteiger partial charge on any atom is 0.0661 e. The van der Waals surface area contributed by atoms with Crippen LogP contribution < -0.4 is 0 Å². The molecule has 0 nitrogen and oxygen atoms in total. The van der Waals surface area contributed by atoms with E-state index in [4.69, 9.17) is 0 Å². The average molecular weight is 443 g/mol. The summed E-state index contributed by atoms with van der Waals surface area (Å²) in [5, 5.41) is 4.88. The Labute approximate surface area is 139 Å². The van der Waals surface area contributed by atoms with Gasteiger partial charge in [0.2, 0.25) is 0 Å². The van der Waals surface area contributed by atoms with Crippen LogP contribution in [-0.2, 0) is 0 Å². The van der Waals surface area contributed by atoms with Crippen LogP contribution in [0, 0.1) is 9.81 Å². The minimum absolute atomic E-state index is 0.262. The van der Waals surface area contributed by atoms with Crippen molar-refractivity contribution in [2.24, 2.45) is 0 Å². The quantitative estimate of drug-likeness (QED) is 0.322. The van der Waals surface area contributed by atoms with Crippen LogP contribution in [0.1, 0.15) is 21.5 Å². The molecule has 0 amide bonds. The van der Waals surface area contributed by atoms with Crippen molar-refractivity contribution in [2.75, 3.05) is 0 Å². The third kappa shape index (κ3) is 2.60. The van der Waals surface area contributed by atoms with Crippen LogP contribution in [0.2, 0.25) is 0 Å². The van der Waals surface area contributed by atoms with E-state index in [0.29, 0.717) is 0 Å². The molecule has 0 saturated heterocycles. The summed E-state index contributed by atoms with van der Waals surface area (Å²) in [6, 6.07) is 15.3. The molecule has 0 aliphatic heterocycles. The van der Waals surface area contributed by atoms with Gasteiger partial charge < -0.3 is 0 Å². The summed E-state index contributed by atoms with van der Waals surface area (Å²) < 4.78 is 1.33. The number of halogens is 2. The zero-order valence-corrected chi connectivity index (χ0v) is 14.9. The summed E-state index contributed by atoms with van der Waals surface area (Å²) >= 11 is 8.06. The van der Waals surface area contributed by atoms with Crippen LogP contribution in [0.5, 0.6) is 0 Å². The highest BCUT2D eigenvalue weighted by molar-refractivity contribution is 14.1. The zero-order chi connectivity index (χ0) is 13.4. The predicted octanol–water partition coefficient (Wildman–Crippen LogP) is 6.30. The first kappa shape index (κ1) is 13.6. The molecule has 0 spiro atoms. The SMILES string of the molecule is Cc1ccc2ccccc2c1C(Br)c1csc(I)c1. The number of aryl methyl sites for hydroxylation is 1. The van der Waals surface area contributed by atoms with E-state index >= 15 is 0 Å². The minimum Gasteiger partial charge on any atom is -0.137 e. The van der Waals surface area contributed by atoms with Crippen molar-refractivity contribution in [3.8, 4) is 0 Å². The van der Waals surface area contributed by atoms with E-state index in [-0.39, 0.29) is 4.83 Å². The summed E-state index contributed by atoms with van der Waals surface area (Å²) in [7, 11) is 0. The van der Waals surface area contributed by atoms with Crippen LogP contribution in [0.4, 0.5) is 0 Å². The van der Waals surface area contributed by atoms with Crippen LogP contribution in [0.25, 0.3) is 10.8 Å². The maximum absolute atomic E-state index is 3.88. The number of benzene rings is 2. The number of thiophene rings is 1. The van der Waals surface area contributed by atoms with Gasteiger partial charge in [-0.05, 0) is 68.4 Å². The largest absolute Gasteiger partial charge is 0.137 e. The molecular formula is C16H12BrIS. The molecule has 19 heavy (non-hydrogen) atoms. The van der Waals surface area contributed by atoms with Gasteiger partial charge in [0.15, 0.2) is 0 Å². The molecule has 0 bridgehead atoms. The standard InChI is InChI=1S/C16H12BrIS/c1-10-6-7-11-4-2-3-5-13(11)15(10)16(17)12-8-14(18)19-9-12/h2-9,16H,1H3. The lowest BCUT2D eigenvalue weighted by molar-refractivity contribution is 1.18. The highest BCUT2D eigenvalue weighted by Crippen LogP contribution is 2.39. The number of hydrogen-bond acceptors (Lipinski definition) is 1. The molecule has 0 aliphatic carbocycles. The van der Waals surface area contributed by atoms with Crippen molar-refractivity contribution in [3.63, 3.8) is 0 Å². The second-order valence-electron chi connectivity index (χ2n) is 4.56. The van der Waals surface area contributed by atoms with Gasteiger partial charge in [0.25, 0.3) is 0 Å². The number of rotatable bonds is 2. The third-order valence-corrected chi connectivity index (χ3v) is 6.12. The fourth-order valence-corrected chi connectivity index (χ4v) is 4.81. The second-order valence-corrected chi connectivity index (χ2v) is 8.29. The first-order valence-corrected chi connectivity index (χ1v) is 8.90. The van der Waals surface area contributed by atoms with Crippen molar-refractivity contribution in [1.82, 2.24) is 0 Å². The third-order valence-electron chi connectivity index (χ3n) is 3.32. The van der Waals surface area contributed by atoms with E-state index in [0.717, 1.165) is 0 Å². The van der Waals surface area contributed by atoms with E-state index < -0.39 is 0 Å². The smallest absolute Gasteiger partial charge is 0.0661 e. The fourth-order valence-electron chi connectivity index (χ4n) is 2.36. The topological polar surface area (TPSA) is 0 Å². The molecule has 0 radical (unpaired) electrons. The van der Waals surface area contributed by atoms with E-state index in [2.05, 4.69) is 93.3 Å². The first-order chi connectivity index (χ1) is 9.16. The lowest BCUT2D eigenvalue weighted by Crippen LogP contribution is -1.96. The molecule has 1 heterocycles. The lowest BCUT2D eigenvalue weighted by atomic mass is 9.95. The fraction of sp³-hybridized carbons (Fsp3) is 0.125. The van der Waals surface area contributed by atoms with Crippen molar-refractivity contribution in [2.45, 2.75) is 11.8 Å². The van der Waals surface area contributed by atoms with Gasteiger partial charge in [0, 0.05) is 0 Å². The molecule has 3 rings (SSSR count). The molecule has 0 saturated carbocycles. The zero-order valence-electron chi connectivity index (χ0n) is 10.4. The molecule has 0 fully saturated rings. The number of fused-ring (bicyclic) bond motifs is 1.